The Hall–Kier alpha value is -1.01. The quantitative estimate of drug-likeness (QED) is 0.188. The second-order valence-electron chi connectivity index (χ2n) is 6.16. The van der Waals surface area contributed by atoms with Crippen LogP contribution in [0, 0.1) is 0 Å². The number of aromatic nitrogens is 2. The average Bonchev–Trinajstić information content (AvgIpc) is 2.95. The molecule has 1 rings (SSSR count). The summed E-state index contributed by atoms with van der Waals surface area (Å²) in [6.45, 7) is 6.73. The van der Waals surface area contributed by atoms with Crippen LogP contribution >= 0.6 is 0 Å². The second-order valence-corrected chi connectivity index (χ2v) is 6.16. The SMILES string of the molecule is CCCCCCCCCCCC[n+]1ccn(CC)c1.F[B-](F)(F)F. The molecule has 0 N–H and O–H groups in total. The van der Waals surface area contributed by atoms with Gasteiger partial charge in [-0.3, -0.25) is 0 Å². The highest BCUT2D eigenvalue weighted by Crippen LogP contribution is 2.10. The third kappa shape index (κ3) is 17.4. The molecule has 0 spiro atoms. The molecule has 0 unspecified atom stereocenters. The molecule has 1 aromatic heterocycles. The summed E-state index contributed by atoms with van der Waals surface area (Å²) in [4.78, 5) is 0. The van der Waals surface area contributed by atoms with E-state index in [0.717, 1.165) is 6.54 Å². The molecule has 0 saturated heterocycles. The molecule has 2 nitrogen and oxygen atoms in total. The van der Waals surface area contributed by atoms with E-state index in [-0.39, 0.29) is 0 Å². The first-order valence-corrected chi connectivity index (χ1v) is 9.29. The first kappa shape index (κ1) is 23.0. The van der Waals surface area contributed by atoms with Crippen molar-refractivity contribution < 1.29 is 21.8 Å². The number of rotatable bonds is 12. The van der Waals surface area contributed by atoms with Gasteiger partial charge in [0, 0.05) is 0 Å². The van der Waals surface area contributed by atoms with Gasteiger partial charge >= 0.3 is 7.25 Å². The number of hydrogen-bond acceptors (Lipinski definition) is 0. The van der Waals surface area contributed by atoms with Crippen molar-refractivity contribution in [1.82, 2.24) is 4.57 Å². The molecule has 0 aliphatic heterocycles. The Bertz CT molecular complexity index is 388. The molecule has 0 bridgehead atoms. The molecular formula is C17H33BF4N2. The highest BCUT2D eigenvalue weighted by Gasteiger charge is 2.20. The maximum absolute atomic E-state index is 9.75. The minimum Gasteiger partial charge on any atom is -0.418 e. The number of halogens is 4. The van der Waals surface area contributed by atoms with Crippen LogP contribution in [0.5, 0.6) is 0 Å². The summed E-state index contributed by atoms with van der Waals surface area (Å²) in [5.74, 6) is 0. The average molecular weight is 352 g/mol. The zero-order valence-corrected chi connectivity index (χ0v) is 15.2. The van der Waals surface area contributed by atoms with Crippen molar-refractivity contribution in [2.24, 2.45) is 0 Å². The molecule has 1 heterocycles. The standard InChI is InChI=1S/C17H33N2.BF4/c1-3-5-6-7-8-9-10-11-12-13-14-19-16-15-18(4-2)17-19;2-1(3,4)5/h15-17H,3-14H2,1-2H3;/q+1;-1. The fraction of sp³-hybridized carbons (Fsp3) is 0.824. The van der Waals surface area contributed by atoms with Crippen molar-refractivity contribution in [3.05, 3.63) is 18.7 Å². The number of aryl methyl sites for hydroxylation is 2. The van der Waals surface area contributed by atoms with Crippen molar-refractivity contribution >= 4 is 7.25 Å². The Kier molecular flexibility index (Phi) is 13.7. The molecule has 0 aliphatic carbocycles. The lowest BCUT2D eigenvalue weighted by Crippen LogP contribution is -2.30. The number of nitrogens with zero attached hydrogens (tertiary/aromatic N) is 2. The molecule has 1 aromatic rings. The Labute approximate surface area is 144 Å². The van der Waals surface area contributed by atoms with Crippen LogP contribution in [0.3, 0.4) is 0 Å². The van der Waals surface area contributed by atoms with Gasteiger partial charge in [-0.25, -0.2) is 9.13 Å². The van der Waals surface area contributed by atoms with E-state index in [4.69, 9.17) is 0 Å². The molecular weight excluding hydrogens is 319 g/mol. The highest BCUT2D eigenvalue weighted by atomic mass is 19.5. The van der Waals surface area contributed by atoms with Crippen LogP contribution in [-0.2, 0) is 13.1 Å². The molecule has 142 valence electrons. The summed E-state index contributed by atoms with van der Waals surface area (Å²) in [5.41, 5.74) is 0. The third-order valence-electron chi connectivity index (χ3n) is 3.88. The summed E-state index contributed by atoms with van der Waals surface area (Å²) in [6, 6.07) is 0. The molecule has 7 heteroatoms. The van der Waals surface area contributed by atoms with Gasteiger partial charge in [-0.1, -0.05) is 58.3 Å². The lowest BCUT2D eigenvalue weighted by Gasteiger charge is -2.01. The number of unbranched alkanes of at least 4 members (excludes halogenated alkanes) is 9. The van der Waals surface area contributed by atoms with Gasteiger partial charge in [0.1, 0.15) is 12.4 Å². The molecule has 0 aliphatic rings. The molecule has 0 saturated carbocycles. The Morgan fingerprint density at radius 3 is 1.67 bits per heavy atom. The third-order valence-corrected chi connectivity index (χ3v) is 3.88. The van der Waals surface area contributed by atoms with Crippen LogP contribution in [0.1, 0.15) is 78.1 Å². The predicted octanol–water partition coefficient (Wildman–Crippen LogP) is 6.02. The largest absolute Gasteiger partial charge is 0.673 e. The summed E-state index contributed by atoms with van der Waals surface area (Å²) >= 11 is 0. The van der Waals surface area contributed by atoms with E-state index in [9.17, 15) is 17.3 Å². The fourth-order valence-corrected chi connectivity index (χ4v) is 2.54. The van der Waals surface area contributed by atoms with E-state index in [1.54, 1.807) is 0 Å². The number of hydrogen-bond donors (Lipinski definition) is 0. The lowest BCUT2D eigenvalue weighted by molar-refractivity contribution is -0.696. The topological polar surface area (TPSA) is 8.81 Å². The van der Waals surface area contributed by atoms with E-state index < -0.39 is 7.25 Å². The van der Waals surface area contributed by atoms with Crippen LogP contribution in [0.15, 0.2) is 18.7 Å². The van der Waals surface area contributed by atoms with Crippen LogP contribution in [-0.4, -0.2) is 11.8 Å². The van der Waals surface area contributed by atoms with E-state index in [2.05, 4.69) is 41.7 Å². The lowest BCUT2D eigenvalue weighted by atomic mass is 10.1. The van der Waals surface area contributed by atoms with Crippen molar-refractivity contribution in [2.75, 3.05) is 0 Å². The smallest absolute Gasteiger partial charge is 0.418 e. The first-order valence-electron chi connectivity index (χ1n) is 9.29. The van der Waals surface area contributed by atoms with Crippen LogP contribution in [0.2, 0.25) is 0 Å². The van der Waals surface area contributed by atoms with Gasteiger partial charge < -0.3 is 17.3 Å². The van der Waals surface area contributed by atoms with Gasteiger partial charge in [-0.15, -0.1) is 0 Å². The van der Waals surface area contributed by atoms with Gasteiger partial charge in [-0.2, -0.15) is 0 Å². The minimum absolute atomic E-state index is 1.07. The monoisotopic (exact) mass is 352 g/mol. The summed E-state index contributed by atoms with van der Waals surface area (Å²) < 4.78 is 43.5. The number of imidazole rings is 1. The first-order chi connectivity index (χ1) is 11.4. The Morgan fingerprint density at radius 1 is 0.792 bits per heavy atom. The maximum Gasteiger partial charge on any atom is 0.673 e. The maximum atomic E-state index is 9.75. The van der Waals surface area contributed by atoms with Gasteiger partial charge in [0.05, 0.1) is 13.1 Å². The molecule has 0 atom stereocenters. The molecule has 0 fully saturated rings. The zero-order valence-electron chi connectivity index (χ0n) is 15.2. The zero-order chi connectivity index (χ0) is 18.3. The van der Waals surface area contributed by atoms with Crippen LogP contribution < -0.4 is 4.57 Å². The van der Waals surface area contributed by atoms with Gasteiger partial charge in [0.25, 0.3) is 0 Å². The molecule has 24 heavy (non-hydrogen) atoms. The fourth-order valence-electron chi connectivity index (χ4n) is 2.54. The predicted molar refractivity (Wildman–Crippen MR) is 92.3 cm³/mol. The molecule has 0 aromatic carbocycles. The van der Waals surface area contributed by atoms with Crippen LogP contribution in [0.4, 0.5) is 17.3 Å². The van der Waals surface area contributed by atoms with Crippen molar-refractivity contribution in [3.8, 4) is 0 Å². The van der Waals surface area contributed by atoms with Gasteiger partial charge in [0.2, 0.25) is 6.33 Å². The summed E-state index contributed by atoms with van der Waals surface area (Å²) in [7, 11) is -6.00. The second kappa shape index (κ2) is 14.3. The molecule has 0 amide bonds. The van der Waals surface area contributed by atoms with Crippen molar-refractivity contribution in [1.29, 1.82) is 0 Å². The van der Waals surface area contributed by atoms with E-state index in [1.807, 2.05) is 0 Å². The van der Waals surface area contributed by atoms with Crippen molar-refractivity contribution in [2.45, 2.75) is 91.1 Å². The van der Waals surface area contributed by atoms with Crippen LogP contribution in [0.25, 0.3) is 0 Å². The van der Waals surface area contributed by atoms with Gasteiger partial charge in [0.15, 0.2) is 0 Å². The Balaban J connectivity index is 0.000000922. The van der Waals surface area contributed by atoms with E-state index in [0.29, 0.717) is 0 Å². The van der Waals surface area contributed by atoms with Gasteiger partial charge in [-0.05, 0) is 19.8 Å². The van der Waals surface area contributed by atoms with Crippen molar-refractivity contribution in [3.63, 3.8) is 0 Å². The van der Waals surface area contributed by atoms with E-state index in [1.165, 1.54) is 70.8 Å². The normalized spacial score (nSPS) is 11.2. The summed E-state index contributed by atoms with van der Waals surface area (Å²) in [6.07, 6.45) is 20.7. The van der Waals surface area contributed by atoms with E-state index >= 15 is 0 Å². The molecule has 0 radical (unpaired) electrons. The summed E-state index contributed by atoms with van der Waals surface area (Å²) in [5, 5.41) is 0. The minimum atomic E-state index is -6.00. The highest BCUT2D eigenvalue weighted by molar-refractivity contribution is 6.50. The Morgan fingerprint density at radius 2 is 1.25 bits per heavy atom.